The van der Waals surface area contributed by atoms with Gasteiger partial charge in [0.15, 0.2) is 0 Å². The number of fused-ring (bicyclic) bond motifs is 2. The number of hydrogen-bond donors (Lipinski definition) is 2. The van der Waals surface area contributed by atoms with E-state index in [-0.39, 0.29) is 0 Å². The van der Waals surface area contributed by atoms with Gasteiger partial charge in [0.1, 0.15) is 0 Å². The van der Waals surface area contributed by atoms with Crippen LogP contribution < -0.4 is 11.3 Å². The van der Waals surface area contributed by atoms with Gasteiger partial charge in [0, 0.05) is 24.4 Å². The van der Waals surface area contributed by atoms with Crippen molar-refractivity contribution in [3.8, 4) is 0 Å². The molecule has 0 spiro atoms. The first-order valence-electron chi connectivity index (χ1n) is 6.73. The van der Waals surface area contributed by atoms with E-state index < -0.39 is 0 Å². The Morgan fingerprint density at radius 3 is 2.88 bits per heavy atom. The van der Waals surface area contributed by atoms with Crippen molar-refractivity contribution >= 4 is 0 Å². The van der Waals surface area contributed by atoms with Crippen LogP contribution in [0.3, 0.4) is 0 Å². The summed E-state index contributed by atoms with van der Waals surface area (Å²) in [5.74, 6) is 8.40. The molecule has 0 saturated heterocycles. The minimum absolute atomic E-state index is 0.403. The van der Waals surface area contributed by atoms with E-state index in [2.05, 4.69) is 22.5 Å². The molecule has 4 atom stereocenters. The largest absolute Gasteiger partial charge is 0.271 e. The number of nitrogens with two attached hydrogens (primary N) is 1. The molecule has 0 aromatic carbocycles. The molecule has 3 N–H and O–H groups in total. The Balaban J connectivity index is 1.68. The average Bonchev–Trinajstić information content (AvgIpc) is 2.99. The number of nitrogens with zero attached hydrogens (tertiary/aromatic N) is 1. The fourth-order valence-electron chi connectivity index (χ4n) is 3.86. The van der Waals surface area contributed by atoms with Gasteiger partial charge < -0.3 is 0 Å². The molecule has 2 bridgehead atoms. The van der Waals surface area contributed by atoms with Gasteiger partial charge in [-0.2, -0.15) is 0 Å². The fourth-order valence-corrected chi connectivity index (χ4v) is 3.86. The Kier molecular flexibility index (Phi) is 3.12. The minimum Gasteiger partial charge on any atom is -0.271 e. The molecule has 17 heavy (non-hydrogen) atoms. The molecule has 1 aromatic heterocycles. The van der Waals surface area contributed by atoms with Crippen LogP contribution in [0.4, 0.5) is 0 Å². The van der Waals surface area contributed by atoms with Gasteiger partial charge in [-0.15, -0.1) is 0 Å². The molecule has 2 aliphatic rings. The molecule has 2 fully saturated rings. The minimum atomic E-state index is 0.403. The van der Waals surface area contributed by atoms with Crippen LogP contribution in [0.15, 0.2) is 24.4 Å². The lowest BCUT2D eigenvalue weighted by molar-refractivity contribution is 0.247. The third-order valence-corrected chi connectivity index (χ3v) is 4.68. The second-order valence-corrected chi connectivity index (χ2v) is 5.64. The van der Waals surface area contributed by atoms with Crippen molar-refractivity contribution in [1.82, 2.24) is 10.4 Å². The van der Waals surface area contributed by atoms with E-state index in [1.54, 1.807) is 0 Å². The van der Waals surface area contributed by atoms with Crippen LogP contribution in [0.5, 0.6) is 0 Å². The van der Waals surface area contributed by atoms with Gasteiger partial charge in [0.2, 0.25) is 0 Å². The van der Waals surface area contributed by atoms with Crippen LogP contribution >= 0.6 is 0 Å². The van der Waals surface area contributed by atoms with Crippen LogP contribution in [-0.2, 0) is 6.42 Å². The highest BCUT2D eigenvalue weighted by atomic mass is 15.2. The number of nitrogens with one attached hydrogen (secondary N) is 1. The summed E-state index contributed by atoms with van der Waals surface area (Å²) < 4.78 is 0. The molecule has 3 nitrogen and oxygen atoms in total. The Hall–Kier alpha value is -0.930. The lowest BCUT2D eigenvalue weighted by Gasteiger charge is -2.29. The van der Waals surface area contributed by atoms with E-state index in [0.717, 1.165) is 29.9 Å². The van der Waals surface area contributed by atoms with Crippen molar-refractivity contribution in [1.29, 1.82) is 0 Å². The van der Waals surface area contributed by atoms with Crippen LogP contribution in [0.25, 0.3) is 0 Å². The first-order chi connectivity index (χ1) is 8.36. The van der Waals surface area contributed by atoms with Gasteiger partial charge in [-0.05, 0) is 49.1 Å². The molecule has 1 aromatic rings. The predicted molar refractivity (Wildman–Crippen MR) is 68.0 cm³/mol. The molecule has 0 radical (unpaired) electrons. The number of hydrazine groups is 1. The number of pyridine rings is 1. The molecule has 1 heterocycles. The van der Waals surface area contributed by atoms with Gasteiger partial charge in [-0.25, -0.2) is 0 Å². The average molecular weight is 231 g/mol. The second-order valence-electron chi connectivity index (χ2n) is 5.64. The maximum Gasteiger partial charge on any atom is 0.0419 e. The highest BCUT2D eigenvalue weighted by Crippen LogP contribution is 2.49. The Labute approximate surface area is 103 Å². The van der Waals surface area contributed by atoms with Crippen molar-refractivity contribution in [2.75, 3.05) is 0 Å². The lowest BCUT2D eigenvalue weighted by atomic mass is 9.82. The van der Waals surface area contributed by atoms with Gasteiger partial charge in [0.25, 0.3) is 0 Å². The summed E-state index contributed by atoms with van der Waals surface area (Å²) in [5, 5.41) is 0. The Morgan fingerprint density at radius 2 is 2.29 bits per heavy atom. The zero-order valence-electron chi connectivity index (χ0n) is 10.2. The molecule has 2 saturated carbocycles. The van der Waals surface area contributed by atoms with Crippen molar-refractivity contribution in [3.05, 3.63) is 30.1 Å². The quantitative estimate of drug-likeness (QED) is 0.614. The molecular weight excluding hydrogens is 210 g/mol. The fraction of sp³-hybridized carbons (Fsp3) is 0.643. The first kappa shape index (κ1) is 11.2. The summed E-state index contributed by atoms with van der Waals surface area (Å²) in [6.07, 6.45) is 8.49. The molecule has 3 rings (SSSR count). The van der Waals surface area contributed by atoms with Gasteiger partial charge in [-0.1, -0.05) is 12.5 Å². The van der Waals surface area contributed by atoms with Gasteiger partial charge >= 0.3 is 0 Å². The molecule has 3 heteroatoms. The van der Waals surface area contributed by atoms with E-state index in [4.69, 9.17) is 5.84 Å². The molecule has 2 aliphatic carbocycles. The van der Waals surface area contributed by atoms with Crippen molar-refractivity contribution < 1.29 is 0 Å². The van der Waals surface area contributed by atoms with E-state index >= 15 is 0 Å². The summed E-state index contributed by atoms with van der Waals surface area (Å²) in [6, 6.07) is 6.51. The predicted octanol–water partition coefficient (Wildman–Crippen LogP) is 1.89. The van der Waals surface area contributed by atoms with E-state index in [1.807, 2.05) is 12.3 Å². The van der Waals surface area contributed by atoms with E-state index in [0.29, 0.717) is 6.04 Å². The Bertz CT molecular complexity index is 365. The topological polar surface area (TPSA) is 50.9 Å². The van der Waals surface area contributed by atoms with Crippen molar-refractivity contribution in [3.63, 3.8) is 0 Å². The monoisotopic (exact) mass is 231 g/mol. The maximum atomic E-state index is 5.75. The molecule has 4 unspecified atom stereocenters. The normalized spacial score (nSPS) is 32.9. The van der Waals surface area contributed by atoms with Crippen LogP contribution in [-0.4, -0.2) is 11.0 Å². The zero-order chi connectivity index (χ0) is 11.7. The zero-order valence-corrected chi connectivity index (χ0v) is 10.2. The standard InChI is InChI=1S/C14H21N3/c15-17-14(9-12-3-1-2-6-16-12)13-8-10-4-5-11(13)7-10/h1-3,6,10-11,13-14,17H,4-5,7-9,15H2. The first-order valence-corrected chi connectivity index (χ1v) is 6.73. The number of hydrogen-bond acceptors (Lipinski definition) is 3. The molecule has 0 aliphatic heterocycles. The lowest BCUT2D eigenvalue weighted by Crippen LogP contribution is -2.44. The van der Waals surface area contributed by atoms with Gasteiger partial charge in [-0.3, -0.25) is 16.3 Å². The summed E-state index contributed by atoms with van der Waals surface area (Å²) in [5.41, 5.74) is 4.19. The molecular formula is C14H21N3. The van der Waals surface area contributed by atoms with E-state index in [1.165, 1.54) is 25.7 Å². The highest BCUT2D eigenvalue weighted by Gasteiger charge is 2.42. The third-order valence-electron chi connectivity index (χ3n) is 4.68. The third kappa shape index (κ3) is 2.22. The number of rotatable bonds is 4. The molecule has 92 valence electrons. The number of aromatic nitrogens is 1. The SMILES string of the molecule is NNC(Cc1ccccn1)C1CC2CCC1C2. The smallest absolute Gasteiger partial charge is 0.0419 e. The highest BCUT2D eigenvalue weighted by molar-refractivity contribution is 5.07. The van der Waals surface area contributed by atoms with E-state index in [9.17, 15) is 0 Å². The van der Waals surface area contributed by atoms with Crippen LogP contribution in [0.1, 0.15) is 31.4 Å². The summed E-state index contributed by atoms with van der Waals surface area (Å²) in [7, 11) is 0. The summed E-state index contributed by atoms with van der Waals surface area (Å²) in [4.78, 5) is 4.40. The van der Waals surface area contributed by atoms with Crippen molar-refractivity contribution in [2.24, 2.45) is 23.6 Å². The molecule has 0 amide bonds. The van der Waals surface area contributed by atoms with Crippen molar-refractivity contribution in [2.45, 2.75) is 38.1 Å². The van der Waals surface area contributed by atoms with Gasteiger partial charge in [0.05, 0.1) is 0 Å². The summed E-state index contributed by atoms with van der Waals surface area (Å²) in [6.45, 7) is 0. The Morgan fingerprint density at radius 1 is 1.35 bits per heavy atom. The second kappa shape index (κ2) is 4.75. The summed E-state index contributed by atoms with van der Waals surface area (Å²) >= 11 is 0. The van der Waals surface area contributed by atoms with Crippen LogP contribution in [0.2, 0.25) is 0 Å². The maximum absolute atomic E-state index is 5.75. The van der Waals surface area contributed by atoms with Crippen LogP contribution in [0, 0.1) is 17.8 Å².